The van der Waals surface area contributed by atoms with Gasteiger partial charge in [0.05, 0.1) is 17.9 Å². The minimum absolute atomic E-state index is 0.119. The summed E-state index contributed by atoms with van der Waals surface area (Å²) in [6.07, 6.45) is 5.37. The molecule has 1 fully saturated rings. The van der Waals surface area contributed by atoms with Gasteiger partial charge in [0.1, 0.15) is 0 Å². The molecular weight excluding hydrogens is 362 g/mol. The van der Waals surface area contributed by atoms with Crippen molar-refractivity contribution in [2.24, 2.45) is 0 Å². The lowest BCUT2D eigenvalue weighted by Gasteiger charge is -2.29. The number of benzene rings is 1. The van der Waals surface area contributed by atoms with Crippen LogP contribution in [0.2, 0.25) is 0 Å². The summed E-state index contributed by atoms with van der Waals surface area (Å²) < 4.78 is 1.96. The molecule has 0 aliphatic carbocycles. The lowest BCUT2D eigenvalue weighted by atomic mass is 10.1. The van der Waals surface area contributed by atoms with E-state index in [1.165, 1.54) is 19.3 Å². The summed E-state index contributed by atoms with van der Waals surface area (Å²) >= 11 is 0. The zero-order valence-corrected chi connectivity index (χ0v) is 17.1. The SMILES string of the molecule is Cc1cc(C)n(Cc2cccc(C(=O)Nc3cccnc3N3CCCCC3)c2)n1. The number of nitrogens with one attached hydrogen (secondary N) is 1. The van der Waals surface area contributed by atoms with Crippen LogP contribution in [0.25, 0.3) is 0 Å². The molecule has 1 saturated heterocycles. The molecule has 1 amide bonds. The fourth-order valence-electron chi connectivity index (χ4n) is 3.87. The van der Waals surface area contributed by atoms with Crippen LogP contribution in [0, 0.1) is 13.8 Å². The first kappa shape index (κ1) is 19.2. The van der Waals surface area contributed by atoms with Crippen molar-refractivity contribution in [2.45, 2.75) is 39.7 Å². The summed E-state index contributed by atoms with van der Waals surface area (Å²) in [7, 11) is 0. The first-order valence-electron chi connectivity index (χ1n) is 10.2. The second kappa shape index (κ2) is 8.47. The maximum Gasteiger partial charge on any atom is 0.255 e. The summed E-state index contributed by atoms with van der Waals surface area (Å²) in [4.78, 5) is 19.7. The molecule has 6 nitrogen and oxygen atoms in total. The molecule has 0 atom stereocenters. The summed E-state index contributed by atoms with van der Waals surface area (Å²) in [6.45, 7) is 6.64. The van der Waals surface area contributed by atoms with Gasteiger partial charge in [-0.3, -0.25) is 9.48 Å². The molecule has 2 aromatic heterocycles. The van der Waals surface area contributed by atoms with E-state index in [0.29, 0.717) is 12.1 Å². The van der Waals surface area contributed by atoms with E-state index in [0.717, 1.165) is 41.5 Å². The fourth-order valence-corrected chi connectivity index (χ4v) is 3.87. The van der Waals surface area contributed by atoms with Crippen LogP contribution in [0.4, 0.5) is 11.5 Å². The number of carbonyl (C=O) groups excluding carboxylic acids is 1. The normalized spacial score (nSPS) is 14.1. The summed E-state index contributed by atoms with van der Waals surface area (Å²) in [5.74, 6) is 0.742. The van der Waals surface area contributed by atoms with Gasteiger partial charge in [-0.2, -0.15) is 5.10 Å². The number of anilines is 2. The minimum atomic E-state index is -0.119. The van der Waals surface area contributed by atoms with Crippen molar-refractivity contribution in [3.63, 3.8) is 0 Å². The number of aromatic nitrogens is 3. The molecule has 29 heavy (non-hydrogen) atoms. The third-order valence-corrected chi connectivity index (χ3v) is 5.32. The van der Waals surface area contributed by atoms with Crippen molar-refractivity contribution < 1.29 is 4.79 Å². The molecule has 3 aromatic rings. The standard InChI is InChI=1S/C23H27N5O/c1-17-14-18(2)28(26-17)16-19-8-6-9-20(15-19)23(29)25-21-10-7-11-24-22(21)27-12-4-3-5-13-27/h6-11,14-15H,3-5,12-13,16H2,1-2H3,(H,25,29). The smallest absolute Gasteiger partial charge is 0.255 e. The van der Waals surface area contributed by atoms with E-state index in [4.69, 9.17) is 0 Å². The van der Waals surface area contributed by atoms with Crippen LogP contribution in [0.3, 0.4) is 0 Å². The average Bonchev–Trinajstić information content (AvgIpc) is 3.06. The summed E-state index contributed by atoms with van der Waals surface area (Å²) in [5, 5.41) is 7.58. The second-order valence-electron chi connectivity index (χ2n) is 7.66. The predicted molar refractivity (Wildman–Crippen MR) is 115 cm³/mol. The molecule has 0 spiro atoms. The maximum absolute atomic E-state index is 12.9. The average molecular weight is 390 g/mol. The van der Waals surface area contributed by atoms with Crippen molar-refractivity contribution in [1.29, 1.82) is 0 Å². The third kappa shape index (κ3) is 4.47. The van der Waals surface area contributed by atoms with Gasteiger partial charge in [-0.05, 0) is 69.0 Å². The highest BCUT2D eigenvalue weighted by Crippen LogP contribution is 2.26. The van der Waals surface area contributed by atoms with Crippen LogP contribution in [0.1, 0.15) is 46.6 Å². The molecule has 0 saturated carbocycles. The highest BCUT2D eigenvalue weighted by Gasteiger charge is 2.17. The van der Waals surface area contributed by atoms with Crippen LogP contribution in [0.5, 0.6) is 0 Å². The monoisotopic (exact) mass is 389 g/mol. The van der Waals surface area contributed by atoms with E-state index in [9.17, 15) is 4.79 Å². The summed E-state index contributed by atoms with van der Waals surface area (Å²) in [6, 6.07) is 13.6. The van der Waals surface area contributed by atoms with Crippen molar-refractivity contribution in [2.75, 3.05) is 23.3 Å². The number of nitrogens with zero attached hydrogens (tertiary/aromatic N) is 4. The Hall–Kier alpha value is -3.15. The lowest BCUT2D eigenvalue weighted by molar-refractivity contribution is 0.102. The summed E-state index contributed by atoms with van der Waals surface area (Å²) in [5.41, 5.74) is 4.56. The van der Waals surface area contributed by atoms with Gasteiger partial charge in [0.15, 0.2) is 5.82 Å². The third-order valence-electron chi connectivity index (χ3n) is 5.32. The van der Waals surface area contributed by atoms with Gasteiger partial charge >= 0.3 is 0 Å². The Bertz CT molecular complexity index is 1000. The molecular formula is C23H27N5O. The Morgan fingerprint density at radius 1 is 1.07 bits per heavy atom. The first-order valence-corrected chi connectivity index (χ1v) is 10.2. The molecule has 1 aliphatic heterocycles. The highest BCUT2D eigenvalue weighted by molar-refractivity contribution is 6.05. The number of aryl methyl sites for hydroxylation is 2. The Labute approximate surface area is 171 Å². The van der Waals surface area contributed by atoms with Crippen LogP contribution in [0.15, 0.2) is 48.7 Å². The Morgan fingerprint density at radius 2 is 1.90 bits per heavy atom. The van der Waals surface area contributed by atoms with E-state index < -0.39 is 0 Å². The number of pyridine rings is 1. The Morgan fingerprint density at radius 3 is 2.66 bits per heavy atom. The zero-order valence-electron chi connectivity index (χ0n) is 17.1. The molecule has 0 bridgehead atoms. The molecule has 0 unspecified atom stereocenters. The van der Waals surface area contributed by atoms with E-state index in [2.05, 4.69) is 26.4 Å². The van der Waals surface area contributed by atoms with Crippen LogP contribution >= 0.6 is 0 Å². The predicted octanol–water partition coefficient (Wildman–Crippen LogP) is 4.19. The van der Waals surface area contributed by atoms with Crippen LogP contribution in [-0.2, 0) is 6.54 Å². The number of carbonyl (C=O) groups is 1. The number of rotatable bonds is 5. The van der Waals surface area contributed by atoms with Gasteiger partial charge in [-0.25, -0.2) is 4.98 Å². The topological polar surface area (TPSA) is 63.1 Å². The molecule has 150 valence electrons. The number of hydrogen-bond acceptors (Lipinski definition) is 4. The van der Waals surface area contributed by atoms with Crippen LogP contribution in [-0.4, -0.2) is 33.8 Å². The van der Waals surface area contributed by atoms with E-state index in [-0.39, 0.29) is 5.91 Å². The molecule has 4 rings (SSSR count). The van der Waals surface area contributed by atoms with Gasteiger partial charge in [0.25, 0.3) is 5.91 Å². The van der Waals surface area contributed by atoms with Crippen LogP contribution < -0.4 is 10.2 Å². The van der Waals surface area contributed by atoms with E-state index >= 15 is 0 Å². The number of amides is 1. The number of hydrogen-bond donors (Lipinski definition) is 1. The van der Waals surface area contributed by atoms with Gasteiger partial charge in [0, 0.05) is 30.5 Å². The van der Waals surface area contributed by atoms with E-state index in [1.54, 1.807) is 6.20 Å². The maximum atomic E-state index is 12.9. The zero-order chi connectivity index (χ0) is 20.2. The van der Waals surface area contributed by atoms with Gasteiger partial charge < -0.3 is 10.2 Å². The van der Waals surface area contributed by atoms with Crippen molar-refractivity contribution in [3.8, 4) is 0 Å². The lowest BCUT2D eigenvalue weighted by Crippen LogP contribution is -2.31. The molecule has 1 N–H and O–H groups in total. The van der Waals surface area contributed by atoms with Crippen molar-refractivity contribution in [1.82, 2.24) is 14.8 Å². The molecule has 6 heteroatoms. The quantitative estimate of drug-likeness (QED) is 0.711. The highest BCUT2D eigenvalue weighted by atomic mass is 16.1. The Kier molecular flexibility index (Phi) is 5.60. The van der Waals surface area contributed by atoms with Gasteiger partial charge in [0.2, 0.25) is 0 Å². The van der Waals surface area contributed by atoms with Gasteiger partial charge in [-0.1, -0.05) is 12.1 Å². The van der Waals surface area contributed by atoms with Crippen molar-refractivity contribution >= 4 is 17.4 Å². The minimum Gasteiger partial charge on any atom is -0.355 e. The largest absolute Gasteiger partial charge is 0.355 e. The first-order chi connectivity index (χ1) is 14.1. The van der Waals surface area contributed by atoms with E-state index in [1.807, 2.05) is 54.9 Å². The second-order valence-corrected chi connectivity index (χ2v) is 7.66. The molecule has 0 radical (unpaired) electrons. The molecule has 3 heterocycles. The fraction of sp³-hybridized carbons (Fsp3) is 0.348. The Balaban J connectivity index is 1.51. The molecule has 1 aliphatic rings. The molecule has 1 aromatic carbocycles. The number of piperidine rings is 1. The van der Waals surface area contributed by atoms with Crippen molar-refractivity contribution in [3.05, 3.63) is 71.2 Å². The van der Waals surface area contributed by atoms with Gasteiger partial charge in [-0.15, -0.1) is 0 Å².